The van der Waals surface area contributed by atoms with Gasteiger partial charge in [-0.05, 0) is 58.6 Å². The maximum Gasteiger partial charge on any atom is 0.258 e. The van der Waals surface area contributed by atoms with Gasteiger partial charge in [0, 0.05) is 5.56 Å². The van der Waals surface area contributed by atoms with E-state index < -0.39 is 13.1 Å². The summed E-state index contributed by atoms with van der Waals surface area (Å²) in [6, 6.07) is 14.2. The van der Waals surface area contributed by atoms with E-state index in [2.05, 4.69) is 57.5 Å². The third-order valence-corrected chi connectivity index (χ3v) is 12.5. The number of halogens is 1. The van der Waals surface area contributed by atoms with E-state index in [4.69, 9.17) is 4.43 Å². The van der Waals surface area contributed by atoms with Crippen LogP contribution in [0.4, 0.5) is 0 Å². The van der Waals surface area contributed by atoms with E-state index >= 15 is 0 Å². The maximum atomic E-state index is 12.7. The zero-order chi connectivity index (χ0) is 21.1. The van der Waals surface area contributed by atoms with Gasteiger partial charge in [0.25, 0.3) is 8.32 Å². The van der Waals surface area contributed by atoms with Crippen LogP contribution >= 0.6 is 15.9 Å². The number of ketones is 1. The van der Waals surface area contributed by atoms with Gasteiger partial charge in [0.2, 0.25) is 0 Å². The normalized spacial score (nSPS) is 13.2. The molecule has 0 fully saturated rings. The SMILES string of the molecule is CC(C)[Si](Oc1ccc(C(Br)C(=O)c2ccc(O)cc2)cc1)(C(C)C)C(C)C. The molecule has 152 valence electrons. The third-order valence-electron chi connectivity index (χ3n) is 5.56. The Morgan fingerprint density at radius 2 is 1.32 bits per heavy atom. The van der Waals surface area contributed by atoms with E-state index in [0.717, 1.165) is 11.3 Å². The van der Waals surface area contributed by atoms with Crippen molar-refractivity contribution in [3.05, 3.63) is 59.7 Å². The van der Waals surface area contributed by atoms with Gasteiger partial charge in [-0.1, -0.05) is 69.6 Å². The van der Waals surface area contributed by atoms with Gasteiger partial charge in [-0.25, -0.2) is 0 Å². The highest BCUT2D eigenvalue weighted by molar-refractivity contribution is 9.09. The first kappa shape index (κ1) is 22.7. The van der Waals surface area contributed by atoms with Crippen molar-refractivity contribution in [3.63, 3.8) is 0 Å². The van der Waals surface area contributed by atoms with Crippen LogP contribution < -0.4 is 4.43 Å². The summed E-state index contributed by atoms with van der Waals surface area (Å²) in [7, 11) is -2.00. The minimum Gasteiger partial charge on any atom is -0.543 e. The van der Waals surface area contributed by atoms with Crippen molar-refractivity contribution in [1.82, 2.24) is 0 Å². The average Bonchev–Trinajstić information content (AvgIpc) is 2.65. The molecule has 0 spiro atoms. The molecule has 0 bridgehead atoms. The minimum absolute atomic E-state index is 0.0380. The molecule has 0 aliphatic heterocycles. The second-order valence-corrected chi connectivity index (χ2v) is 14.6. The zero-order valence-electron chi connectivity index (χ0n) is 17.6. The van der Waals surface area contributed by atoms with Gasteiger partial charge in [0.05, 0.1) is 0 Å². The standard InChI is InChI=1S/C23H31BrO3Si/c1-15(2)28(16(3)4,17(5)6)27-21-13-9-18(10-14-21)22(24)23(26)19-7-11-20(25)12-8-19/h7-17,22,25H,1-6H3. The van der Waals surface area contributed by atoms with Gasteiger partial charge < -0.3 is 9.53 Å². The van der Waals surface area contributed by atoms with Crippen molar-refractivity contribution in [2.24, 2.45) is 0 Å². The number of hydrogen-bond acceptors (Lipinski definition) is 3. The number of hydrogen-bond donors (Lipinski definition) is 1. The molecule has 0 aliphatic rings. The summed E-state index contributed by atoms with van der Waals surface area (Å²) in [5.74, 6) is 0.990. The van der Waals surface area contributed by atoms with Crippen molar-refractivity contribution in [3.8, 4) is 11.5 Å². The fourth-order valence-corrected chi connectivity index (χ4v) is 10.0. The quantitative estimate of drug-likeness (QED) is 0.254. The molecule has 0 aromatic heterocycles. The summed E-state index contributed by atoms with van der Waals surface area (Å²) >= 11 is 3.52. The highest BCUT2D eigenvalue weighted by Gasteiger charge is 2.46. The van der Waals surface area contributed by atoms with Crippen LogP contribution in [0.15, 0.2) is 48.5 Å². The number of carbonyl (C=O) groups excluding carboxylic acids is 1. The average molecular weight is 463 g/mol. The second-order valence-electron chi connectivity index (χ2n) is 8.26. The van der Waals surface area contributed by atoms with Crippen LogP contribution in [0.5, 0.6) is 11.5 Å². The lowest BCUT2D eigenvalue weighted by Gasteiger charge is -2.42. The molecule has 0 saturated heterocycles. The Hall–Kier alpha value is -1.59. The molecule has 1 unspecified atom stereocenters. The summed E-state index contributed by atoms with van der Waals surface area (Å²) < 4.78 is 6.69. The number of Topliss-reactive ketones (excluding diaryl/α,β-unsaturated/α-hetero) is 1. The number of alkyl halides is 1. The molecule has 2 rings (SSSR count). The summed E-state index contributed by atoms with van der Waals surface area (Å²) in [5.41, 5.74) is 2.97. The van der Waals surface area contributed by atoms with E-state index in [0.29, 0.717) is 22.2 Å². The van der Waals surface area contributed by atoms with Crippen molar-refractivity contribution in [1.29, 1.82) is 0 Å². The molecule has 0 saturated carbocycles. The van der Waals surface area contributed by atoms with Crippen molar-refractivity contribution in [2.45, 2.75) is 63.0 Å². The number of benzene rings is 2. The van der Waals surface area contributed by atoms with Gasteiger partial charge in [0.1, 0.15) is 16.3 Å². The monoisotopic (exact) mass is 462 g/mol. The molecule has 1 atom stereocenters. The maximum absolute atomic E-state index is 12.7. The topological polar surface area (TPSA) is 46.5 Å². The van der Waals surface area contributed by atoms with Gasteiger partial charge >= 0.3 is 0 Å². The van der Waals surface area contributed by atoms with Crippen LogP contribution in [0.3, 0.4) is 0 Å². The highest BCUT2D eigenvalue weighted by Crippen LogP contribution is 2.43. The number of carbonyl (C=O) groups is 1. The largest absolute Gasteiger partial charge is 0.543 e. The summed E-state index contributed by atoms with van der Waals surface area (Å²) in [4.78, 5) is 12.2. The summed E-state index contributed by atoms with van der Waals surface area (Å²) in [6.45, 7) is 13.6. The Kier molecular flexibility index (Phi) is 7.51. The first-order valence-corrected chi connectivity index (χ1v) is 12.9. The predicted molar refractivity (Wildman–Crippen MR) is 122 cm³/mol. The Labute approximate surface area is 178 Å². The first-order valence-electron chi connectivity index (χ1n) is 9.85. The Morgan fingerprint density at radius 1 is 0.857 bits per heavy atom. The molecule has 1 N–H and O–H groups in total. The van der Waals surface area contributed by atoms with Gasteiger partial charge in [-0.3, -0.25) is 4.79 Å². The molecule has 2 aromatic rings. The van der Waals surface area contributed by atoms with E-state index in [1.165, 1.54) is 12.1 Å². The molecular weight excluding hydrogens is 432 g/mol. The Balaban J connectivity index is 2.22. The van der Waals surface area contributed by atoms with E-state index in [1.54, 1.807) is 12.1 Å². The predicted octanol–water partition coefficient (Wildman–Crippen LogP) is 7.27. The lowest BCUT2D eigenvalue weighted by atomic mass is 10.0. The smallest absolute Gasteiger partial charge is 0.258 e. The van der Waals surface area contributed by atoms with Crippen LogP contribution in [-0.2, 0) is 0 Å². The zero-order valence-corrected chi connectivity index (χ0v) is 20.2. The molecule has 28 heavy (non-hydrogen) atoms. The number of phenolic OH excluding ortho intramolecular Hbond substituents is 1. The third kappa shape index (κ3) is 4.69. The van der Waals surface area contributed by atoms with Crippen LogP contribution in [0.2, 0.25) is 16.6 Å². The Bertz CT molecular complexity index is 761. The van der Waals surface area contributed by atoms with Crippen molar-refractivity contribution < 1.29 is 14.3 Å². The van der Waals surface area contributed by atoms with E-state index in [-0.39, 0.29) is 11.5 Å². The Morgan fingerprint density at radius 3 is 1.75 bits per heavy atom. The lowest BCUT2D eigenvalue weighted by molar-refractivity contribution is 0.0991. The van der Waals surface area contributed by atoms with Crippen LogP contribution in [0.25, 0.3) is 0 Å². The summed E-state index contributed by atoms with van der Waals surface area (Å²) in [5, 5.41) is 9.40. The van der Waals surface area contributed by atoms with E-state index in [1.807, 2.05) is 24.3 Å². The molecular formula is C23H31BrO3Si. The molecule has 0 amide bonds. The van der Waals surface area contributed by atoms with Crippen molar-refractivity contribution >= 4 is 30.0 Å². The second kappa shape index (κ2) is 9.27. The molecule has 0 heterocycles. The van der Waals surface area contributed by atoms with Crippen LogP contribution in [-0.4, -0.2) is 19.2 Å². The minimum atomic E-state index is -2.00. The summed E-state index contributed by atoms with van der Waals surface area (Å²) in [6.07, 6.45) is 0. The van der Waals surface area contributed by atoms with Crippen LogP contribution in [0.1, 0.15) is 62.3 Å². The number of phenols is 1. The lowest BCUT2D eigenvalue weighted by Crippen LogP contribution is -2.50. The fourth-order valence-electron chi connectivity index (χ4n) is 4.19. The highest BCUT2D eigenvalue weighted by atomic mass is 79.9. The molecule has 5 heteroatoms. The fraction of sp³-hybridized carbons (Fsp3) is 0.435. The molecule has 3 nitrogen and oxygen atoms in total. The van der Waals surface area contributed by atoms with Crippen LogP contribution in [0, 0.1) is 0 Å². The number of aromatic hydroxyl groups is 1. The molecule has 0 aliphatic carbocycles. The van der Waals surface area contributed by atoms with Gasteiger partial charge in [-0.15, -0.1) is 0 Å². The van der Waals surface area contributed by atoms with Gasteiger partial charge in [0.15, 0.2) is 5.78 Å². The first-order chi connectivity index (χ1) is 13.1. The van der Waals surface area contributed by atoms with Gasteiger partial charge in [-0.2, -0.15) is 0 Å². The number of rotatable bonds is 8. The van der Waals surface area contributed by atoms with E-state index in [9.17, 15) is 9.90 Å². The molecule has 0 radical (unpaired) electrons. The molecule has 2 aromatic carbocycles. The van der Waals surface area contributed by atoms with Crippen molar-refractivity contribution in [2.75, 3.05) is 0 Å².